The molecule has 1 amide bonds. The minimum atomic E-state index is -0.272. The van der Waals surface area contributed by atoms with Crippen molar-refractivity contribution in [1.29, 1.82) is 5.26 Å². The average Bonchev–Trinajstić information content (AvgIpc) is 2.44. The Morgan fingerprint density at radius 3 is 2.55 bits per heavy atom. The molecule has 2 rings (SSSR count). The zero-order valence-electron chi connectivity index (χ0n) is 11.3. The number of aromatic hydroxyl groups is 1. The number of carbonyl (C=O) groups is 1. The van der Waals surface area contributed by atoms with Crippen molar-refractivity contribution in [2.75, 3.05) is 5.32 Å². The van der Waals surface area contributed by atoms with E-state index in [1.807, 2.05) is 13.0 Å². The van der Waals surface area contributed by atoms with Crippen molar-refractivity contribution in [2.45, 2.75) is 13.8 Å². The van der Waals surface area contributed by atoms with Crippen molar-refractivity contribution in [1.82, 2.24) is 0 Å². The molecule has 2 aromatic rings. The maximum Gasteiger partial charge on any atom is 0.255 e. The summed E-state index contributed by atoms with van der Waals surface area (Å²) >= 11 is 0. The topological polar surface area (TPSA) is 73.1 Å². The van der Waals surface area contributed by atoms with E-state index in [1.165, 1.54) is 6.07 Å². The van der Waals surface area contributed by atoms with Gasteiger partial charge in [-0.3, -0.25) is 4.79 Å². The lowest BCUT2D eigenvalue weighted by molar-refractivity contribution is 0.102. The summed E-state index contributed by atoms with van der Waals surface area (Å²) in [5.41, 5.74) is 3.09. The highest BCUT2D eigenvalue weighted by Crippen LogP contribution is 2.20. The van der Waals surface area contributed by atoms with Crippen molar-refractivity contribution >= 4 is 11.6 Å². The predicted octanol–water partition coefficient (Wildman–Crippen LogP) is 3.13. The molecule has 0 radical (unpaired) electrons. The third-order valence-electron chi connectivity index (χ3n) is 3.07. The Hall–Kier alpha value is -2.80. The maximum atomic E-state index is 12.2. The molecule has 4 heteroatoms. The minimum absolute atomic E-state index is 0.157. The van der Waals surface area contributed by atoms with Gasteiger partial charge in [0.05, 0.1) is 11.6 Å². The molecule has 100 valence electrons. The number of nitrogens with zero attached hydrogens (tertiary/aromatic N) is 1. The summed E-state index contributed by atoms with van der Waals surface area (Å²) in [6, 6.07) is 11.8. The summed E-state index contributed by atoms with van der Waals surface area (Å²) in [5, 5.41) is 21.1. The van der Waals surface area contributed by atoms with E-state index in [-0.39, 0.29) is 11.7 Å². The highest BCUT2D eigenvalue weighted by molar-refractivity contribution is 6.04. The standard InChI is InChI=1S/C16H14N2O2/c1-10-3-4-12(9-17)8-14(10)18-16(20)13-5-6-15(19)11(2)7-13/h3-8,19H,1-2H3,(H,18,20). The van der Waals surface area contributed by atoms with Gasteiger partial charge in [-0.2, -0.15) is 5.26 Å². The molecule has 0 fully saturated rings. The molecule has 0 saturated carbocycles. The van der Waals surface area contributed by atoms with E-state index >= 15 is 0 Å². The van der Waals surface area contributed by atoms with Crippen molar-refractivity contribution in [2.24, 2.45) is 0 Å². The van der Waals surface area contributed by atoms with Crippen LogP contribution in [0, 0.1) is 25.2 Å². The Kier molecular flexibility index (Phi) is 3.72. The number of nitrogens with one attached hydrogen (secondary N) is 1. The SMILES string of the molecule is Cc1cc(C(=O)Nc2cc(C#N)ccc2C)ccc1O. The van der Waals surface area contributed by atoms with Crippen LogP contribution in [0.5, 0.6) is 5.75 Å². The molecule has 0 saturated heterocycles. The highest BCUT2D eigenvalue weighted by atomic mass is 16.3. The number of phenols is 1. The van der Waals surface area contributed by atoms with E-state index < -0.39 is 0 Å². The molecule has 0 aliphatic heterocycles. The molecule has 20 heavy (non-hydrogen) atoms. The number of carbonyl (C=O) groups excluding carboxylic acids is 1. The number of benzene rings is 2. The number of aryl methyl sites for hydroxylation is 2. The summed E-state index contributed by atoms with van der Waals surface area (Å²) in [4.78, 5) is 12.2. The Labute approximate surface area is 117 Å². The van der Waals surface area contributed by atoms with Gasteiger partial charge < -0.3 is 10.4 Å². The fraction of sp³-hybridized carbons (Fsp3) is 0.125. The van der Waals surface area contributed by atoms with Gasteiger partial charge in [0.25, 0.3) is 5.91 Å². The van der Waals surface area contributed by atoms with Crippen LogP contribution >= 0.6 is 0 Å². The van der Waals surface area contributed by atoms with Crippen LogP contribution in [0.15, 0.2) is 36.4 Å². The Bertz CT molecular complexity index is 715. The largest absolute Gasteiger partial charge is 0.508 e. The first-order valence-corrected chi connectivity index (χ1v) is 6.13. The van der Waals surface area contributed by atoms with Gasteiger partial charge in [-0.25, -0.2) is 0 Å². The first-order valence-electron chi connectivity index (χ1n) is 6.13. The van der Waals surface area contributed by atoms with Gasteiger partial charge in [-0.15, -0.1) is 0 Å². The lowest BCUT2D eigenvalue weighted by atomic mass is 10.1. The summed E-state index contributed by atoms with van der Waals surface area (Å²) in [6.45, 7) is 3.59. The molecule has 0 unspecified atom stereocenters. The number of phenolic OH excluding ortho intramolecular Hbond substituents is 1. The highest BCUT2D eigenvalue weighted by Gasteiger charge is 2.09. The Morgan fingerprint density at radius 2 is 1.90 bits per heavy atom. The van der Waals surface area contributed by atoms with Crippen LogP contribution in [-0.2, 0) is 0 Å². The van der Waals surface area contributed by atoms with Crippen LogP contribution in [0.3, 0.4) is 0 Å². The van der Waals surface area contributed by atoms with Crippen LogP contribution in [0.25, 0.3) is 0 Å². The molecule has 0 aliphatic rings. The predicted molar refractivity (Wildman–Crippen MR) is 76.7 cm³/mol. The molecular formula is C16H14N2O2. The van der Waals surface area contributed by atoms with Crippen LogP contribution in [0.1, 0.15) is 27.0 Å². The zero-order valence-corrected chi connectivity index (χ0v) is 11.3. The monoisotopic (exact) mass is 266 g/mol. The molecular weight excluding hydrogens is 252 g/mol. The van der Waals surface area contributed by atoms with Gasteiger partial charge in [-0.05, 0) is 55.3 Å². The van der Waals surface area contributed by atoms with Crippen LogP contribution in [-0.4, -0.2) is 11.0 Å². The van der Waals surface area contributed by atoms with Crippen LogP contribution < -0.4 is 5.32 Å². The van der Waals surface area contributed by atoms with Gasteiger partial charge >= 0.3 is 0 Å². The van der Waals surface area contributed by atoms with E-state index in [0.717, 1.165) is 5.56 Å². The number of anilines is 1. The first kappa shape index (κ1) is 13.6. The normalized spacial score (nSPS) is 9.85. The number of hydrogen-bond acceptors (Lipinski definition) is 3. The Balaban J connectivity index is 2.28. The summed E-state index contributed by atoms with van der Waals surface area (Å²) in [7, 11) is 0. The fourth-order valence-electron chi connectivity index (χ4n) is 1.82. The van der Waals surface area contributed by atoms with E-state index in [1.54, 1.807) is 37.3 Å². The molecule has 0 atom stereocenters. The van der Waals surface area contributed by atoms with Gasteiger partial charge in [0.15, 0.2) is 0 Å². The molecule has 0 aromatic heterocycles. The molecule has 0 heterocycles. The third-order valence-corrected chi connectivity index (χ3v) is 3.07. The van der Waals surface area contributed by atoms with Crippen molar-refractivity contribution in [3.05, 3.63) is 58.7 Å². The number of amides is 1. The van der Waals surface area contributed by atoms with Crippen molar-refractivity contribution < 1.29 is 9.90 Å². The molecule has 2 aromatic carbocycles. The van der Waals surface area contributed by atoms with Gasteiger partial charge in [-0.1, -0.05) is 6.07 Å². The van der Waals surface area contributed by atoms with Crippen molar-refractivity contribution in [3.63, 3.8) is 0 Å². The third kappa shape index (κ3) is 2.78. The second-order valence-corrected chi connectivity index (χ2v) is 4.60. The van der Waals surface area contributed by atoms with Gasteiger partial charge in [0.1, 0.15) is 5.75 Å². The maximum absolute atomic E-state index is 12.2. The summed E-state index contributed by atoms with van der Waals surface area (Å²) in [6.07, 6.45) is 0. The minimum Gasteiger partial charge on any atom is -0.508 e. The first-order chi connectivity index (χ1) is 9.51. The summed E-state index contributed by atoms with van der Waals surface area (Å²) < 4.78 is 0. The van der Waals surface area contributed by atoms with Crippen LogP contribution in [0.2, 0.25) is 0 Å². The lowest BCUT2D eigenvalue weighted by Crippen LogP contribution is -2.13. The fourth-order valence-corrected chi connectivity index (χ4v) is 1.82. The quantitative estimate of drug-likeness (QED) is 0.877. The number of hydrogen-bond donors (Lipinski definition) is 2. The smallest absolute Gasteiger partial charge is 0.255 e. The van der Waals surface area contributed by atoms with E-state index in [4.69, 9.17) is 5.26 Å². The van der Waals surface area contributed by atoms with Crippen molar-refractivity contribution in [3.8, 4) is 11.8 Å². The molecule has 0 aliphatic carbocycles. The molecule has 4 nitrogen and oxygen atoms in total. The number of rotatable bonds is 2. The van der Waals surface area contributed by atoms with E-state index in [2.05, 4.69) is 5.32 Å². The van der Waals surface area contributed by atoms with Crippen LogP contribution in [0.4, 0.5) is 5.69 Å². The lowest BCUT2D eigenvalue weighted by Gasteiger charge is -2.09. The van der Waals surface area contributed by atoms with Gasteiger partial charge in [0, 0.05) is 11.3 Å². The molecule has 0 spiro atoms. The van der Waals surface area contributed by atoms with E-state index in [0.29, 0.717) is 22.4 Å². The molecule has 0 bridgehead atoms. The summed E-state index contributed by atoms with van der Waals surface area (Å²) in [5.74, 6) is -0.115. The second-order valence-electron chi connectivity index (χ2n) is 4.60. The van der Waals surface area contributed by atoms with E-state index in [9.17, 15) is 9.90 Å². The second kappa shape index (κ2) is 5.45. The molecule has 2 N–H and O–H groups in total. The Morgan fingerprint density at radius 1 is 1.15 bits per heavy atom. The van der Waals surface area contributed by atoms with Gasteiger partial charge in [0.2, 0.25) is 0 Å². The number of nitriles is 1. The average molecular weight is 266 g/mol. The zero-order chi connectivity index (χ0) is 14.7.